The lowest BCUT2D eigenvalue weighted by molar-refractivity contribution is 0.102. The summed E-state index contributed by atoms with van der Waals surface area (Å²) in [6, 6.07) is 12.9. The van der Waals surface area contributed by atoms with Crippen molar-refractivity contribution in [2.24, 2.45) is 11.8 Å². The Bertz CT molecular complexity index is 1210. The van der Waals surface area contributed by atoms with Crippen LogP contribution >= 0.6 is 0 Å². The second-order valence-corrected chi connectivity index (χ2v) is 10.9. The molecule has 3 rings (SSSR count). The molecule has 0 unspecified atom stereocenters. The van der Waals surface area contributed by atoms with Crippen molar-refractivity contribution < 1.29 is 22.4 Å². The van der Waals surface area contributed by atoms with E-state index < -0.39 is 15.9 Å². The summed E-state index contributed by atoms with van der Waals surface area (Å²) in [6.45, 7) is 11.3. The second kappa shape index (κ2) is 11.5. The Hall–Kier alpha value is -3.24. The summed E-state index contributed by atoms with van der Waals surface area (Å²) in [5.41, 5.74) is 0.951. The van der Waals surface area contributed by atoms with E-state index in [1.165, 1.54) is 28.6 Å². The lowest BCUT2D eigenvalue weighted by Crippen LogP contribution is -2.37. The van der Waals surface area contributed by atoms with E-state index in [9.17, 15) is 13.2 Å². The Morgan fingerprint density at radius 2 is 1.57 bits per heavy atom. The number of amides is 1. The van der Waals surface area contributed by atoms with E-state index in [1.54, 1.807) is 24.3 Å². The fourth-order valence-corrected chi connectivity index (χ4v) is 5.20. The minimum atomic E-state index is -3.67. The Morgan fingerprint density at radius 3 is 2.11 bits per heavy atom. The Labute approximate surface area is 206 Å². The molecular formula is C25H32N4O5S. The van der Waals surface area contributed by atoms with Crippen LogP contribution < -0.4 is 10.1 Å². The lowest BCUT2D eigenvalue weighted by atomic mass is 10.2. The molecule has 0 spiro atoms. The molecule has 9 nitrogen and oxygen atoms in total. The minimum absolute atomic E-state index is 0.0596. The maximum absolute atomic E-state index is 13.2. The first-order chi connectivity index (χ1) is 16.6. The molecule has 0 aliphatic carbocycles. The van der Waals surface area contributed by atoms with Crippen LogP contribution in [0.25, 0.3) is 11.5 Å². The van der Waals surface area contributed by atoms with Crippen molar-refractivity contribution >= 4 is 21.9 Å². The number of aromatic nitrogens is 2. The minimum Gasteiger partial charge on any atom is -0.494 e. The number of hydrogen-bond acceptors (Lipinski definition) is 7. The predicted molar refractivity (Wildman–Crippen MR) is 134 cm³/mol. The number of anilines is 1. The zero-order chi connectivity index (χ0) is 25.6. The van der Waals surface area contributed by atoms with Crippen LogP contribution in [0.3, 0.4) is 0 Å². The average Bonchev–Trinajstić information content (AvgIpc) is 3.27. The van der Waals surface area contributed by atoms with Gasteiger partial charge in [-0.25, -0.2) is 8.42 Å². The third kappa shape index (κ3) is 6.89. The molecule has 0 fully saturated rings. The molecule has 0 aliphatic rings. The molecule has 1 heterocycles. The summed E-state index contributed by atoms with van der Waals surface area (Å²) >= 11 is 0. The van der Waals surface area contributed by atoms with E-state index in [0.29, 0.717) is 25.3 Å². The molecule has 188 valence electrons. The number of benzene rings is 2. The molecule has 3 aromatic rings. The van der Waals surface area contributed by atoms with Crippen LogP contribution in [0.15, 0.2) is 57.8 Å². The number of hydrogen-bond donors (Lipinski definition) is 1. The van der Waals surface area contributed by atoms with Gasteiger partial charge in [-0.1, -0.05) is 32.8 Å². The molecule has 0 saturated heterocycles. The summed E-state index contributed by atoms with van der Waals surface area (Å²) in [7, 11) is -3.67. The van der Waals surface area contributed by atoms with Gasteiger partial charge >= 0.3 is 6.01 Å². The van der Waals surface area contributed by atoms with Crippen molar-refractivity contribution in [2.45, 2.75) is 39.5 Å². The summed E-state index contributed by atoms with van der Waals surface area (Å²) < 4.78 is 38.8. The molecule has 10 heteroatoms. The Balaban J connectivity index is 1.70. The lowest BCUT2D eigenvalue weighted by Gasteiger charge is -2.25. The fraction of sp³-hybridized carbons (Fsp3) is 0.400. The molecular weight excluding hydrogens is 468 g/mol. The number of nitrogens with zero attached hydrogens (tertiary/aromatic N) is 3. The molecule has 0 saturated carbocycles. The van der Waals surface area contributed by atoms with E-state index >= 15 is 0 Å². The van der Waals surface area contributed by atoms with Gasteiger partial charge in [-0.3, -0.25) is 10.1 Å². The van der Waals surface area contributed by atoms with Gasteiger partial charge in [0.25, 0.3) is 5.91 Å². The Kier molecular flexibility index (Phi) is 8.63. The predicted octanol–water partition coefficient (Wildman–Crippen LogP) is 4.69. The first-order valence-electron chi connectivity index (χ1n) is 11.6. The van der Waals surface area contributed by atoms with Crippen LogP contribution in [0.2, 0.25) is 0 Å². The molecule has 0 bridgehead atoms. The van der Waals surface area contributed by atoms with E-state index in [2.05, 4.69) is 15.5 Å². The quantitative estimate of drug-likeness (QED) is 0.406. The topological polar surface area (TPSA) is 115 Å². The highest BCUT2D eigenvalue weighted by molar-refractivity contribution is 7.89. The van der Waals surface area contributed by atoms with Crippen LogP contribution in [0.5, 0.6) is 5.75 Å². The number of carbonyl (C=O) groups excluding carboxylic acids is 1. The van der Waals surface area contributed by atoms with Crippen LogP contribution in [0.1, 0.15) is 45.0 Å². The monoisotopic (exact) mass is 500 g/mol. The van der Waals surface area contributed by atoms with E-state index in [-0.39, 0.29) is 34.2 Å². The van der Waals surface area contributed by atoms with Gasteiger partial charge in [0.1, 0.15) is 5.75 Å². The first kappa shape index (κ1) is 26.4. The summed E-state index contributed by atoms with van der Waals surface area (Å²) in [5.74, 6) is 0.870. The van der Waals surface area contributed by atoms with Crippen molar-refractivity contribution in [1.82, 2.24) is 14.5 Å². The van der Waals surface area contributed by atoms with Crippen LogP contribution in [-0.4, -0.2) is 48.5 Å². The van der Waals surface area contributed by atoms with E-state index in [0.717, 1.165) is 5.75 Å². The van der Waals surface area contributed by atoms with Gasteiger partial charge in [0.2, 0.25) is 15.9 Å². The molecule has 0 atom stereocenters. The number of carbonyl (C=O) groups is 1. The first-order valence-corrected chi connectivity index (χ1v) is 13.0. The van der Waals surface area contributed by atoms with Crippen molar-refractivity contribution in [2.75, 3.05) is 25.0 Å². The number of ether oxygens (including phenoxy) is 1. The molecule has 1 amide bonds. The standard InChI is InChI=1S/C25H32N4O5S/c1-6-33-21-11-7-20(8-12-21)24-27-28-25(34-24)26-23(30)19-9-13-22(14-10-19)35(31,32)29(15-17(2)3)16-18(4)5/h7-14,17-18H,6,15-16H2,1-5H3,(H,26,28,30). The third-order valence-corrected chi connectivity index (χ3v) is 6.80. The van der Waals surface area contributed by atoms with Crippen molar-refractivity contribution in [3.8, 4) is 17.2 Å². The van der Waals surface area contributed by atoms with Crippen molar-refractivity contribution in [3.63, 3.8) is 0 Å². The SMILES string of the molecule is CCOc1ccc(-c2nnc(NC(=O)c3ccc(S(=O)(=O)N(CC(C)C)CC(C)C)cc3)o2)cc1. The summed E-state index contributed by atoms with van der Waals surface area (Å²) in [5, 5.41) is 10.4. The fourth-order valence-electron chi connectivity index (χ4n) is 3.43. The highest BCUT2D eigenvalue weighted by Gasteiger charge is 2.26. The number of nitrogens with one attached hydrogen (secondary N) is 1. The van der Waals surface area contributed by atoms with Crippen molar-refractivity contribution in [3.05, 3.63) is 54.1 Å². The maximum Gasteiger partial charge on any atom is 0.322 e. The Morgan fingerprint density at radius 1 is 0.971 bits per heavy atom. The van der Waals surface area contributed by atoms with Gasteiger partial charge in [0.05, 0.1) is 11.5 Å². The zero-order valence-corrected chi connectivity index (χ0v) is 21.5. The van der Waals surface area contributed by atoms with Crippen LogP contribution in [0.4, 0.5) is 6.01 Å². The molecule has 0 radical (unpaired) electrons. The molecule has 2 aromatic carbocycles. The van der Waals surface area contributed by atoms with E-state index in [4.69, 9.17) is 9.15 Å². The number of sulfonamides is 1. The molecule has 35 heavy (non-hydrogen) atoms. The smallest absolute Gasteiger partial charge is 0.322 e. The molecule has 1 aromatic heterocycles. The third-order valence-electron chi connectivity index (χ3n) is 4.95. The highest BCUT2D eigenvalue weighted by atomic mass is 32.2. The zero-order valence-electron chi connectivity index (χ0n) is 20.7. The highest BCUT2D eigenvalue weighted by Crippen LogP contribution is 2.23. The number of rotatable bonds is 11. The van der Waals surface area contributed by atoms with Crippen LogP contribution in [0, 0.1) is 11.8 Å². The normalized spacial score (nSPS) is 11.9. The average molecular weight is 501 g/mol. The maximum atomic E-state index is 13.2. The van der Waals surface area contributed by atoms with Gasteiger partial charge in [0, 0.05) is 24.2 Å². The largest absolute Gasteiger partial charge is 0.494 e. The van der Waals surface area contributed by atoms with Gasteiger partial charge < -0.3 is 9.15 Å². The van der Waals surface area contributed by atoms with Crippen molar-refractivity contribution in [1.29, 1.82) is 0 Å². The van der Waals surface area contributed by atoms with Gasteiger partial charge in [-0.2, -0.15) is 4.31 Å². The summed E-state index contributed by atoms with van der Waals surface area (Å²) in [4.78, 5) is 12.8. The van der Waals surface area contributed by atoms with Gasteiger partial charge in [0.15, 0.2) is 0 Å². The molecule has 0 aliphatic heterocycles. The summed E-state index contributed by atoms with van der Waals surface area (Å²) in [6.07, 6.45) is 0. The molecule has 1 N–H and O–H groups in total. The van der Waals surface area contributed by atoms with E-state index in [1.807, 2.05) is 34.6 Å². The second-order valence-electron chi connectivity index (χ2n) is 8.96. The van der Waals surface area contributed by atoms with Gasteiger partial charge in [-0.15, -0.1) is 5.10 Å². The van der Waals surface area contributed by atoms with Gasteiger partial charge in [-0.05, 0) is 67.3 Å². The van der Waals surface area contributed by atoms with Crippen LogP contribution in [-0.2, 0) is 10.0 Å².